The van der Waals surface area contributed by atoms with E-state index in [4.69, 9.17) is 0 Å². The predicted octanol–water partition coefficient (Wildman–Crippen LogP) is 4.85. The van der Waals surface area contributed by atoms with E-state index in [1.54, 1.807) is 0 Å². The number of carbonyl (C=O) groups is 1. The SMILES string of the molecule is CCOC(=O)C(F)(F)CC(I)C(F)(F)C(F)(F)C(F)(F)C(F)(F)F. The first-order valence-electron chi connectivity index (χ1n) is 5.75. The van der Waals surface area contributed by atoms with Gasteiger partial charge in [-0.25, -0.2) is 4.79 Å². The first-order valence-corrected chi connectivity index (χ1v) is 7.00. The van der Waals surface area contributed by atoms with Gasteiger partial charge in [0.2, 0.25) is 0 Å². The fourth-order valence-corrected chi connectivity index (χ4v) is 2.20. The van der Waals surface area contributed by atoms with Crippen molar-refractivity contribution in [1.29, 1.82) is 0 Å². The maximum absolute atomic E-state index is 13.4. The minimum Gasteiger partial charge on any atom is -0.462 e. The smallest absolute Gasteiger partial charge is 0.460 e. The summed E-state index contributed by atoms with van der Waals surface area (Å²) in [6.07, 6.45) is -9.50. The van der Waals surface area contributed by atoms with Crippen LogP contribution in [-0.4, -0.2) is 46.4 Å². The minimum atomic E-state index is -7.19. The van der Waals surface area contributed by atoms with Gasteiger partial charge in [-0.3, -0.25) is 0 Å². The number of rotatable bonds is 7. The van der Waals surface area contributed by atoms with Crippen LogP contribution in [0.4, 0.5) is 48.3 Å². The number of carbonyl (C=O) groups excluding carboxylic acids is 1. The number of esters is 1. The number of hydrogen-bond acceptors (Lipinski definition) is 2. The van der Waals surface area contributed by atoms with Crippen molar-refractivity contribution in [3.8, 4) is 0 Å². The van der Waals surface area contributed by atoms with Gasteiger partial charge in [0.05, 0.1) is 10.5 Å². The van der Waals surface area contributed by atoms with E-state index in [0.29, 0.717) is 0 Å². The Hall–Kier alpha value is -0.570. The van der Waals surface area contributed by atoms with Crippen molar-refractivity contribution in [2.75, 3.05) is 6.61 Å². The number of hydrogen-bond donors (Lipinski definition) is 0. The predicted molar refractivity (Wildman–Crippen MR) is 64.9 cm³/mol. The van der Waals surface area contributed by atoms with Gasteiger partial charge in [0.15, 0.2) is 0 Å². The van der Waals surface area contributed by atoms with Gasteiger partial charge in [0.25, 0.3) is 0 Å². The van der Waals surface area contributed by atoms with Crippen molar-refractivity contribution >= 4 is 28.6 Å². The van der Waals surface area contributed by atoms with Crippen LogP contribution in [0.3, 0.4) is 0 Å². The fourth-order valence-electron chi connectivity index (χ4n) is 1.26. The van der Waals surface area contributed by atoms with E-state index in [0.717, 1.165) is 6.92 Å². The highest BCUT2D eigenvalue weighted by molar-refractivity contribution is 14.1. The van der Waals surface area contributed by atoms with E-state index >= 15 is 0 Å². The monoisotopic (exact) mass is 496 g/mol. The zero-order valence-corrected chi connectivity index (χ0v) is 13.5. The highest BCUT2D eigenvalue weighted by Gasteiger charge is 2.83. The second-order valence-corrected chi connectivity index (χ2v) is 5.87. The molecule has 0 radical (unpaired) electrons. The molecule has 1 unspecified atom stereocenters. The molecule has 0 rings (SSSR count). The summed E-state index contributed by atoms with van der Waals surface area (Å²) >= 11 is 0.146. The molecule has 0 aliphatic carbocycles. The second-order valence-electron chi connectivity index (χ2n) is 4.37. The lowest BCUT2D eigenvalue weighted by atomic mass is 9.97. The van der Waals surface area contributed by atoms with Crippen LogP contribution >= 0.6 is 22.6 Å². The maximum atomic E-state index is 13.4. The van der Waals surface area contributed by atoms with Gasteiger partial charge in [0.1, 0.15) is 0 Å². The molecule has 0 aromatic carbocycles. The van der Waals surface area contributed by atoms with Gasteiger partial charge in [-0.15, -0.1) is 0 Å². The molecular formula is C10H8F11IO2. The molecule has 0 heterocycles. The molecule has 0 fully saturated rings. The largest absolute Gasteiger partial charge is 0.462 e. The number of alkyl halides is 12. The van der Waals surface area contributed by atoms with Crippen molar-refractivity contribution in [1.82, 2.24) is 0 Å². The molecule has 0 aliphatic rings. The van der Waals surface area contributed by atoms with Crippen molar-refractivity contribution in [2.24, 2.45) is 0 Å². The van der Waals surface area contributed by atoms with Crippen molar-refractivity contribution < 1.29 is 57.8 Å². The Balaban J connectivity index is 5.62. The topological polar surface area (TPSA) is 26.3 Å². The first kappa shape index (κ1) is 23.4. The van der Waals surface area contributed by atoms with Crippen LogP contribution < -0.4 is 0 Å². The third kappa shape index (κ3) is 4.15. The number of halogens is 12. The molecule has 0 aromatic rings. The lowest BCUT2D eigenvalue weighted by molar-refractivity contribution is -0.395. The molecule has 2 nitrogen and oxygen atoms in total. The van der Waals surface area contributed by atoms with E-state index in [1.165, 1.54) is 0 Å². The normalized spacial score (nSPS) is 16.0. The molecule has 0 aliphatic heterocycles. The van der Waals surface area contributed by atoms with Crippen LogP contribution in [0, 0.1) is 0 Å². The highest BCUT2D eigenvalue weighted by atomic mass is 127. The molecule has 144 valence electrons. The van der Waals surface area contributed by atoms with E-state index < -0.39 is 52.8 Å². The van der Waals surface area contributed by atoms with Crippen molar-refractivity contribution in [2.45, 2.75) is 47.1 Å². The van der Waals surface area contributed by atoms with Gasteiger partial charge < -0.3 is 4.74 Å². The quantitative estimate of drug-likeness (QED) is 0.218. The van der Waals surface area contributed by atoms with Crippen LogP contribution in [0.5, 0.6) is 0 Å². The molecule has 0 saturated heterocycles. The second kappa shape index (κ2) is 6.97. The van der Waals surface area contributed by atoms with Crippen molar-refractivity contribution in [3.63, 3.8) is 0 Å². The summed E-state index contributed by atoms with van der Waals surface area (Å²) in [7, 11) is 0. The van der Waals surface area contributed by atoms with Gasteiger partial charge in [-0.1, -0.05) is 22.6 Å². The Bertz CT molecular complexity index is 460. The molecular weight excluding hydrogens is 488 g/mol. The summed E-state index contributed by atoms with van der Waals surface area (Å²) in [5.74, 6) is -27.6. The summed E-state index contributed by atoms with van der Waals surface area (Å²) in [5, 5.41) is 0. The lowest BCUT2D eigenvalue weighted by Gasteiger charge is -2.36. The van der Waals surface area contributed by atoms with Gasteiger partial charge in [-0.05, 0) is 6.92 Å². The standard InChI is InChI=1S/C10H8F11IO2/c1-2-24-5(23)6(11,12)3-4(22)7(13,14)8(15,16)9(17,18)10(19,20)21/h4H,2-3H2,1H3. The van der Waals surface area contributed by atoms with Crippen LogP contribution in [0.2, 0.25) is 0 Å². The molecule has 0 amide bonds. The van der Waals surface area contributed by atoms with E-state index in [1.807, 2.05) is 0 Å². The average Bonchev–Trinajstić information content (AvgIpc) is 2.36. The average molecular weight is 496 g/mol. The zero-order valence-electron chi connectivity index (χ0n) is 11.3. The number of ether oxygens (including phenoxy) is 1. The molecule has 0 N–H and O–H groups in total. The Morgan fingerprint density at radius 2 is 1.33 bits per heavy atom. The van der Waals surface area contributed by atoms with Crippen LogP contribution in [0.25, 0.3) is 0 Å². The molecule has 24 heavy (non-hydrogen) atoms. The Labute approximate surface area is 140 Å². The molecule has 0 aromatic heterocycles. The molecule has 1 atom stereocenters. The Morgan fingerprint density at radius 3 is 1.67 bits per heavy atom. The minimum absolute atomic E-state index is 0.146. The van der Waals surface area contributed by atoms with Gasteiger partial charge >= 0.3 is 35.8 Å². The van der Waals surface area contributed by atoms with Gasteiger partial charge in [-0.2, -0.15) is 48.3 Å². The van der Waals surface area contributed by atoms with Crippen LogP contribution in [0.15, 0.2) is 0 Å². The molecule has 0 saturated carbocycles. The summed E-state index contributed by atoms with van der Waals surface area (Å²) in [5.41, 5.74) is 0. The zero-order chi connectivity index (χ0) is 19.8. The fraction of sp³-hybridized carbons (Fsp3) is 0.900. The maximum Gasteiger partial charge on any atom is 0.460 e. The molecule has 0 spiro atoms. The lowest BCUT2D eigenvalue weighted by Crippen LogP contribution is -2.64. The Kier molecular flexibility index (Phi) is 6.81. The summed E-state index contributed by atoms with van der Waals surface area (Å²) in [6.45, 7) is 0.404. The first-order chi connectivity index (χ1) is 10.4. The third-order valence-electron chi connectivity index (χ3n) is 2.57. The van der Waals surface area contributed by atoms with Crippen LogP contribution in [0.1, 0.15) is 13.3 Å². The van der Waals surface area contributed by atoms with E-state index in [2.05, 4.69) is 4.74 Å². The Morgan fingerprint density at radius 1 is 0.917 bits per heavy atom. The molecule has 14 heteroatoms. The van der Waals surface area contributed by atoms with Gasteiger partial charge in [0, 0.05) is 6.42 Å². The summed E-state index contributed by atoms with van der Waals surface area (Å²) in [4.78, 5) is 10.8. The molecule has 0 bridgehead atoms. The van der Waals surface area contributed by atoms with E-state index in [-0.39, 0.29) is 22.6 Å². The highest BCUT2D eigenvalue weighted by Crippen LogP contribution is 2.56. The third-order valence-corrected chi connectivity index (χ3v) is 3.79. The summed E-state index contributed by atoms with van der Waals surface area (Å²) in [6, 6.07) is 0. The summed E-state index contributed by atoms with van der Waals surface area (Å²) < 4.78 is 141. The van der Waals surface area contributed by atoms with Crippen LogP contribution in [-0.2, 0) is 9.53 Å². The van der Waals surface area contributed by atoms with E-state index in [9.17, 15) is 53.1 Å². The van der Waals surface area contributed by atoms with Crippen molar-refractivity contribution in [3.05, 3.63) is 0 Å².